The number of pyridine rings is 1. The Bertz CT molecular complexity index is 1540. The average Bonchev–Trinajstić information content (AvgIpc) is 3.53. The Labute approximate surface area is 213 Å². The van der Waals surface area contributed by atoms with Crippen LogP contribution in [0, 0.1) is 0 Å². The van der Waals surface area contributed by atoms with Crippen LogP contribution in [0.3, 0.4) is 0 Å². The average molecular weight is 498 g/mol. The molecule has 9 heteroatoms. The molecule has 2 aromatic heterocycles. The molecular weight excluding hydrogens is 470 g/mol. The second-order valence-corrected chi connectivity index (χ2v) is 8.86. The van der Waals surface area contributed by atoms with Crippen molar-refractivity contribution in [2.75, 3.05) is 20.2 Å². The number of benzene rings is 2. The van der Waals surface area contributed by atoms with E-state index in [0.717, 1.165) is 16.8 Å². The zero-order valence-electron chi connectivity index (χ0n) is 20.5. The molecule has 37 heavy (non-hydrogen) atoms. The number of methoxy groups -OCH3 is 1. The Kier molecular flexibility index (Phi) is 6.59. The molecule has 0 spiro atoms. The zero-order valence-corrected chi connectivity index (χ0v) is 20.5. The maximum absolute atomic E-state index is 13.6. The van der Waals surface area contributed by atoms with E-state index < -0.39 is 0 Å². The predicted molar refractivity (Wildman–Crippen MR) is 140 cm³/mol. The van der Waals surface area contributed by atoms with Gasteiger partial charge in [-0.15, -0.1) is 0 Å². The minimum absolute atomic E-state index is 0.138. The Morgan fingerprint density at radius 1 is 1.16 bits per heavy atom. The first-order valence-electron chi connectivity index (χ1n) is 12.0. The highest BCUT2D eigenvalue weighted by atomic mass is 16.5. The van der Waals surface area contributed by atoms with Crippen molar-refractivity contribution in [1.82, 2.24) is 24.3 Å². The first kappa shape index (κ1) is 24.1. The third kappa shape index (κ3) is 4.63. The molecule has 1 N–H and O–H groups in total. The number of hydrogen-bond donors (Lipinski definition) is 1. The van der Waals surface area contributed by atoms with Crippen molar-refractivity contribution in [3.05, 3.63) is 101 Å². The molecule has 0 bridgehead atoms. The molecule has 0 radical (unpaired) electrons. The molecule has 188 valence electrons. The summed E-state index contributed by atoms with van der Waals surface area (Å²) in [6.07, 6.45) is 5.28. The molecule has 9 nitrogen and oxygen atoms in total. The van der Waals surface area contributed by atoms with E-state index in [4.69, 9.17) is 4.74 Å². The molecule has 1 aliphatic rings. The van der Waals surface area contributed by atoms with Crippen molar-refractivity contribution >= 4 is 22.8 Å². The van der Waals surface area contributed by atoms with Gasteiger partial charge < -0.3 is 15.0 Å². The van der Waals surface area contributed by atoms with Crippen molar-refractivity contribution in [1.29, 1.82) is 0 Å². The molecule has 0 saturated carbocycles. The lowest BCUT2D eigenvalue weighted by molar-refractivity contribution is -0.125. The van der Waals surface area contributed by atoms with Gasteiger partial charge in [0.05, 0.1) is 36.1 Å². The smallest absolute Gasteiger partial charge is 0.334 e. The molecule has 5 rings (SSSR count). The van der Waals surface area contributed by atoms with Gasteiger partial charge in [-0.2, -0.15) is 0 Å². The van der Waals surface area contributed by atoms with Gasteiger partial charge in [-0.05, 0) is 60.5 Å². The molecule has 1 fully saturated rings. The number of ether oxygens (including phenoxy) is 1. The molecule has 3 heterocycles. The number of nitrogens with zero attached hydrogens (tertiary/aromatic N) is 4. The molecule has 1 aliphatic heterocycles. The fraction of sp³-hybridized carbons (Fsp3) is 0.214. The van der Waals surface area contributed by atoms with Gasteiger partial charge in [0.1, 0.15) is 5.75 Å². The van der Waals surface area contributed by atoms with Gasteiger partial charge in [0.15, 0.2) is 0 Å². The number of amides is 2. The number of likely N-dealkylation sites (tertiary alicyclic amines) is 1. The molecule has 2 aromatic carbocycles. The third-order valence-corrected chi connectivity index (χ3v) is 6.67. The quantitative estimate of drug-likeness (QED) is 0.396. The fourth-order valence-corrected chi connectivity index (χ4v) is 4.78. The largest absolute Gasteiger partial charge is 0.497 e. The summed E-state index contributed by atoms with van der Waals surface area (Å²) < 4.78 is 8.56. The van der Waals surface area contributed by atoms with Crippen LogP contribution in [0.15, 0.2) is 84.4 Å². The van der Waals surface area contributed by atoms with Crippen LogP contribution >= 0.6 is 0 Å². The number of carbonyl (C=O) groups is 2. The second kappa shape index (κ2) is 10.1. The van der Waals surface area contributed by atoms with E-state index >= 15 is 0 Å². The van der Waals surface area contributed by atoms with Crippen LogP contribution in [0.25, 0.3) is 16.7 Å². The van der Waals surface area contributed by atoms with E-state index in [1.807, 2.05) is 30.3 Å². The number of rotatable bonds is 7. The van der Waals surface area contributed by atoms with Gasteiger partial charge in [-0.1, -0.05) is 18.7 Å². The fourth-order valence-electron chi connectivity index (χ4n) is 4.78. The number of nitrogens with one attached hydrogen (secondary N) is 1. The summed E-state index contributed by atoms with van der Waals surface area (Å²) in [6.45, 7) is 4.94. The van der Waals surface area contributed by atoms with Gasteiger partial charge in [-0.3, -0.25) is 23.7 Å². The number of hydrogen-bond acceptors (Lipinski definition) is 5. The Balaban J connectivity index is 1.40. The first-order chi connectivity index (χ1) is 18.0. The van der Waals surface area contributed by atoms with Gasteiger partial charge in [0, 0.05) is 31.4 Å². The number of fused-ring (bicyclic) bond motifs is 1. The molecule has 0 aliphatic carbocycles. The molecule has 2 amide bonds. The van der Waals surface area contributed by atoms with E-state index in [2.05, 4.69) is 16.9 Å². The van der Waals surface area contributed by atoms with Crippen LogP contribution in [0.5, 0.6) is 5.75 Å². The summed E-state index contributed by atoms with van der Waals surface area (Å²) in [5.74, 6) is 0.373. The number of carbonyl (C=O) groups excluding carboxylic acids is 2. The highest BCUT2D eigenvalue weighted by Crippen LogP contribution is 2.26. The van der Waals surface area contributed by atoms with E-state index in [1.165, 1.54) is 6.08 Å². The van der Waals surface area contributed by atoms with Gasteiger partial charge in [0.25, 0.3) is 5.91 Å². The highest BCUT2D eigenvalue weighted by molar-refractivity contribution is 5.94. The zero-order chi connectivity index (χ0) is 25.9. The van der Waals surface area contributed by atoms with Gasteiger partial charge in [0.2, 0.25) is 5.91 Å². The Morgan fingerprint density at radius 2 is 1.97 bits per heavy atom. The first-order valence-corrected chi connectivity index (χ1v) is 12.0. The topological polar surface area (TPSA) is 98.5 Å². The molecule has 1 atom stereocenters. The Morgan fingerprint density at radius 3 is 2.73 bits per heavy atom. The van der Waals surface area contributed by atoms with Crippen LogP contribution in [-0.2, 0) is 11.3 Å². The van der Waals surface area contributed by atoms with Crippen molar-refractivity contribution in [3.63, 3.8) is 0 Å². The lowest BCUT2D eigenvalue weighted by Gasteiger charge is -2.15. The van der Waals surface area contributed by atoms with E-state index in [1.54, 1.807) is 57.8 Å². The van der Waals surface area contributed by atoms with Crippen LogP contribution in [-0.4, -0.2) is 51.0 Å². The minimum atomic E-state index is -0.219. The van der Waals surface area contributed by atoms with E-state index in [0.29, 0.717) is 42.8 Å². The normalized spacial score (nSPS) is 15.1. The van der Waals surface area contributed by atoms with Crippen molar-refractivity contribution < 1.29 is 14.3 Å². The second-order valence-electron chi connectivity index (χ2n) is 8.86. The monoisotopic (exact) mass is 497 g/mol. The van der Waals surface area contributed by atoms with Crippen molar-refractivity contribution in [2.45, 2.75) is 19.0 Å². The van der Waals surface area contributed by atoms with Crippen LogP contribution in [0.1, 0.15) is 28.4 Å². The molecule has 1 saturated heterocycles. The van der Waals surface area contributed by atoms with Crippen LogP contribution < -0.4 is 15.7 Å². The Hall–Kier alpha value is -4.66. The third-order valence-electron chi connectivity index (χ3n) is 6.67. The predicted octanol–water partition coefficient (Wildman–Crippen LogP) is 3.09. The van der Waals surface area contributed by atoms with Crippen LogP contribution in [0.2, 0.25) is 0 Å². The number of imidazole rings is 1. The summed E-state index contributed by atoms with van der Waals surface area (Å²) in [6, 6.07) is 16.1. The summed E-state index contributed by atoms with van der Waals surface area (Å²) in [5, 5.41) is 2.91. The highest BCUT2D eigenvalue weighted by Gasteiger charge is 2.30. The molecule has 1 unspecified atom stereocenters. The van der Waals surface area contributed by atoms with E-state index in [9.17, 15) is 14.4 Å². The van der Waals surface area contributed by atoms with E-state index in [-0.39, 0.29) is 23.5 Å². The molecule has 4 aromatic rings. The van der Waals surface area contributed by atoms with Crippen molar-refractivity contribution in [2.24, 2.45) is 0 Å². The van der Waals surface area contributed by atoms with Crippen LogP contribution in [0.4, 0.5) is 0 Å². The number of aromatic nitrogens is 3. The SMILES string of the molecule is C=CC(=O)N1CCC(n2c(=O)n(-c3ccc(C(=O)NCc4cccc(OC)c4)cc3)c3cnccc32)C1. The standard InChI is InChI=1S/C28H27N5O4/c1-3-26(34)31-14-12-22(18-31)33-24-11-13-29-17-25(24)32(28(33)36)21-9-7-20(8-10-21)27(35)30-16-19-5-4-6-23(15-19)37-2/h3-11,13,15,17,22H,1,12,14,16,18H2,2H3,(H,30,35). The lowest BCUT2D eigenvalue weighted by Crippen LogP contribution is -2.31. The maximum atomic E-state index is 13.6. The maximum Gasteiger partial charge on any atom is 0.334 e. The lowest BCUT2D eigenvalue weighted by atomic mass is 10.1. The van der Waals surface area contributed by atoms with Gasteiger partial charge in [-0.25, -0.2) is 4.79 Å². The summed E-state index contributed by atoms with van der Waals surface area (Å²) in [5.41, 5.74) is 3.24. The minimum Gasteiger partial charge on any atom is -0.497 e. The van der Waals surface area contributed by atoms with Gasteiger partial charge >= 0.3 is 5.69 Å². The summed E-state index contributed by atoms with van der Waals surface area (Å²) in [7, 11) is 1.60. The van der Waals surface area contributed by atoms with Crippen molar-refractivity contribution in [3.8, 4) is 11.4 Å². The summed E-state index contributed by atoms with van der Waals surface area (Å²) in [4.78, 5) is 44.4. The molecular formula is C28H27N5O4. The summed E-state index contributed by atoms with van der Waals surface area (Å²) >= 11 is 0.